The molecule has 0 amide bonds. The van der Waals surface area contributed by atoms with E-state index >= 15 is 0 Å². The molecule has 7 heteroatoms. The van der Waals surface area contributed by atoms with Crippen molar-refractivity contribution in [3.8, 4) is 11.5 Å². The predicted octanol–water partition coefficient (Wildman–Crippen LogP) is 2.47. The SMILES string of the molecule is COc1cc(Cc2nc3ccccc3c3nc(N)nn23)cc(OC)c1. The molecule has 0 fully saturated rings. The molecule has 4 aromatic rings. The molecule has 0 bridgehead atoms. The van der Waals surface area contributed by atoms with Gasteiger partial charge in [-0.25, -0.2) is 4.98 Å². The van der Waals surface area contributed by atoms with Gasteiger partial charge in [0.15, 0.2) is 5.65 Å². The first-order chi connectivity index (χ1) is 12.2. The molecule has 0 radical (unpaired) electrons. The number of nitrogen functional groups attached to an aromatic ring is 1. The second-order valence-electron chi connectivity index (χ2n) is 5.65. The number of para-hydroxylation sites is 1. The molecule has 0 saturated carbocycles. The molecule has 2 aromatic carbocycles. The lowest BCUT2D eigenvalue weighted by Gasteiger charge is -2.10. The summed E-state index contributed by atoms with van der Waals surface area (Å²) in [4.78, 5) is 9.10. The van der Waals surface area contributed by atoms with Gasteiger partial charge in [0.25, 0.3) is 0 Å². The molecule has 2 heterocycles. The van der Waals surface area contributed by atoms with Crippen molar-refractivity contribution in [3.63, 3.8) is 0 Å². The normalized spacial score (nSPS) is 11.1. The maximum atomic E-state index is 5.82. The highest BCUT2D eigenvalue weighted by molar-refractivity contribution is 5.91. The Bertz CT molecular complexity index is 1050. The van der Waals surface area contributed by atoms with Crippen LogP contribution < -0.4 is 15.2 Å². The fraction of sp³-hybridized carbons (Fsp3) is 0.167. The summed E-state index contributed by atoms with van der Waals surface area (Å²) < 4.78 is 12.4. The number of anilines is 1. The van der Waals surface area contributed by atoms with Crippen LogP contribution in [-0.4, -0.2) is 33.8 Å². The summed E-state index contributed by atoms with van der Waals surface area (Å²) in [6, 6.07) is 13.5. The molecule has 2 N–H and O–H groups in total. The topological polar surface area (TPSA) is 87.6 Å². The van der Waals surface area contributed by atoms with Crippen molar-refractivity contribution in [3.05, 3.63) is 53.9 Å². The molecule has 4 rings (SSSR count). The van der Waals surface area contributed by atoms with Gasteiger partial charge in [0.1, 0.15) is 17.3 Å². The Morgan fingerprint density at radius 1 is 1.00 bits per heavy atom. The zero-order chi connectivity index (χ0) is 17.4. The van der Waals surface area contributed by atoms with E-state index in [-0.39, 0.29) is 5.95 Å². The van der Waals surface area contributed by atoms with Crippen molar-refractivity contribution in [1.82, 2.24) is 19.6 Å². The molecular weight excluding hydrogens is 318 g/mol. The zero-order valence-electron chi connectivity index (χ0n) is 13.9. The van der Waals surface area contributed by atoms with Crippen LogP contribution in [0.2, 0.25) is 0 Å². The zero-order valence-corrected chi connectivity index (χ0v) is 13.9. The lowest BCUT2D eigenvalue weighted by molar-refractivity contribution is 0.393. The summed E-state index contributed by atoms with van der Waals surface area (Å²) >= 11 is 0. The van der Waals surface area contributed by atoms with Gasteiger partial charge in [-0.3, -0.25) is 0 Å². The highest BCUT2D eigenvalue weighted by Gasteiger charge is 2.13. The first kappa shape index (κ1) is 15.2. The minimum absolute atomic E-state index is 0.225. The third-order valence-corrected chi connectivity index (χ3v) is 4.04. The number of nitrogens with two attached hydrogens (primary N) is 1. The van der Waals surface area contributed by atoms with Gasteiger partial charge in [0, 0.05) is 17.9 Å². The number of rotatable bonds is 4. The van der Waals surface area contributed by atoms with E-state index in [1.165, 1.54) is 0 Å². The smallest absolute Gasteiger partial charge is 0.240 e. The number of ether oxygens (including phenoxy) is 2. The average molecular weight is 335 g/mol. The minimum atomic E-state index is 0.225. The highest BCUT2D eigenvalue weighted by Crippen LogP contribution is 2.25. The van der Waals surface area contributed by atoms with Crippen molar-refractivity contribution in [2.45, 2.75) is 6.42 Å². The van der Waals surface area contributed by atoms with E-state index in [9.17, 15) is 0 Å². The van der Waals surface area contributed by atoms with Gasteiger partial charge in [-0.15, -0.1) is 5.10 Å². The summed E-state index contributed by atoms with van der Waals surface area (Å²) in [5.74, 6) is 2.42. The molecule has 7 nitrogen and oxygen atoms in total. The Kier molecular flexibility index (Phi) is 3.61. The number of aromatic nitrogens is 4. The molecule has 0 atom stereocenters. The maximum absolute atomic E-state index is 5.82. The molecule has 25 heavy (non-hydrogen) atoms. The lowest BCUT2D eigenvalue weighted by Crippen LogP contribution is -2.05. The van der Waals surface area contributed by atoms with Gasteiger partial charge in [0.05, 0.1) is 19.7 Å². The first-order valence-corrected chi connectivity index (χ1v) is 7.80. The first-order valence-electron chi connectivity index (χ1n) is 7.80. The van der Waals surface area contributed by atoms with Gasteiger partial charge in [-0.1, -0.05) is 12.1 Å². The van der Waals surface area contributed by atoms with E-state index in [1.807, 2.05) is 42.5 Å². The van der Waals surface area contributed by atoms with E-state index < -0.39 is 0 Å². The Balaban J connectivity index is 1.88. The molecule has 2 aromatic heterocycles. The molecular formula is C18H17N5O2. The number of nitrogens with zero attached hydrogens (tertiary/aromatic N) is 4. The van der Waals surface area contributed by atoms with Crippen LogP contribution in [0.3, 0.4) is 0 Å². The molecule has 0 aliphatic carbocycles. The fourth-order valence-corrected chi connectivity index (χ4v) is 2.89. The number of hydrogen-bond donors (Lipinski definition) is 1. The van der Waals surface area contributed by atoms with E-state index in [0.717, 1.165) is 33.8 Å². The Labute approximate surface area is 144 Å². The van der Waals surface area contributed by atoms with Crippen LogP contribution in [0, 0.1) is 0 Å². The summed E-state index contributed by atoms with van der Waals surface area (Å²) in [7, 11) is 3.26. The number of benzene rings is 2. The lowest BCUT2D eigenvalue weighted by atomic mass is 10.1. The van der Waals surface area contributed by atoms with Crippen LogP contribution in [0.4, 0.5) is 5.95 Å². The van der Waals surface area contributed by atoms with Crippen molar-refractivity contribution in [1.29, 1.82) is 0 Å². The molecule has 0 aliphatic rings. The fourth-order valence-electron chi connectivity index (χ4n) is 2.89. The van der Waals surface area contributed by atoms with E-state index in [2.05, 4.69) is 10.1 Å². The third-order valence-electron chi connectivity index (χ3n) is 4.04. The van der Waals surface area contributed by atoms with Gasteiger partial charge in [-0.05, 0) is 29.8 Å². The summed E-state index contributed by atoms with van der Waals surface area (Å²) in [6.07, 6.45) is 0.539. The molecule has 126 valence electrons. The third kappa shape index (κ3) is 2.69. The quantitative estimate of drug-likeness (QED) is 0.616. The molecule has 0 aliphatic heterocycles. The van der Waals surface area contributed by atoms with Gasteiger partial charge >= 0.3 is 0 Å². The highest BCUT2D eigenvalue weighted by atomic mass is 16.5. The van der Waals surface area contributed by atoms with Crippen molar-refractivity contribution < 1.29 is 9.47 Å². The van der Waals surface area contributed by atoms with Crippen LogP contribution in [0.25, 0.3) is 16.6 Å². The molecule has 0 spiro atoms. The van der Waals surface area contributed by atoms with Gasteiger partial charge in [0.2, 0.25) is 5.95 Å². The van der Waals surface area contributed by atoms with Crippen LogP contribution >= 0.6 is 0 Å². The molecule has 0 saturated heterocycles. The van der Waals surface area contributed by atoms with E-state index in [0.29, 0.717) is 12.1 Å². The van der Waals surface area contributed by atoms with Crippen molar-refractivity contribution in [2.75, 3.05) is 20.0 Å². The Morgan fingerprint density at radius 2 is 1.72 bits per heavy atom. The number of hydrogen-bond acceptors (Lipinski definition) is 6. The van der Waals surface area contributed by atoms with E-state index in [4.69, 9.17) is 20.2 Å². The minimum Gasteiger partial charge on any atom is -0.497 e. The monoisotopic (exact) mass is 335 g/mol. The Morgan fingerprint density at radius 3 is 2.44 bits per heavy atom. The largest absolute Gasteiger partial charge is 0.497 e. The standard InChI is InChI=1S/C18H17N5O2/c1-24-12-7-11(8-13(10-12)25-2)9-16-20-15-6-4-3-5-14(15)17-21-18(19)22-23(16)17/h3-8,10H,9H2,1-2H3,(H2,19,22). The summed E-state index contributed by atoms with van der Waals surface area (Å²) in [6.45, 7) is 0. The predicted molar refractivity (Wildman–Crippen MR) is 95.1 cm³/mol. The second-order valence-corrected chi connectivity index (χ2v) is 5.65. The second kappa shape index (κ2) is 5.94. The maximum Gasteiger partial charge on any atom is 0.240 e. The summed E-state index contributed by atoms with van der Waals surface area (Å²) in [5, 5.41) is 5.22. The number of fused-ring (bicyclic) bond motifs is 3. The van der Waals surface area contributed by atoms with Crippen LogP contribution in [0.1, 0.15) is 11.4 Å². The molecule has 0 unspecified atom stereocenters. The van der Waals surface area contributed by atoms with Crippen LogP contribution in [0.5, 0.6) is 11.5 Å². The van der Waals surface area contributed by atoms with Crippen LogP contribution in [0.15, 0.2) is 42.5 Å². The number of methoxy groups -OCH3 is 2. The van der Waals surface area contributed by atoms with E-state index in [1.54, 1.807) is 18.7 Å². The van der Waals surface area contributed by atoms with Crippen molar-refractivity contribution in [2.24, 2.45) is 0 Å². The Hall–Kier alpha value is -3.35. The van der Waals surface area contributed by atoms with Crippen molar-refractivity contribution >= 4 is 22.5 Å². The van der Waals surface area contributed by atoms with Crippen LogP contribution in [-0.2, 0) is 6.42 Å². The van der Waals surface area contributed by atoms with Gasteiger partial charge in [-0.2, -0.15) is 9.50 Å². The summed E-state index contributed by atoms with van der Waals surface area (Å²) in [5.41, 5.74) is 8.37. The average Bonchev–Trinajstić information content (AvgIpc) is 3.03. The van der Waals surface area contributed by atoms with Gasteiger partial charge < -0.3 is 15.2 Å².